The molecule has 1 aliphatic heterocycles. The molecular formula is C25H32BrN3O4. The fourth-order valence-corrected chi connectivity index (χ4v) is 4.75. The lowest BCUT2D eigenvalue weighted by Gasteiger charge is -2.29. The number of amides is 4. The zero-order valence-electron chi connectivity index (χ0n) is 19.4. The van der Waals surface area contributed by atoms with Crippen molar-refractivity contribution in [3.05, 3.63) is 46.5 Å². The molecule has 4 amide bonds. The number of imide groups is 1. The standard InChI is InChI=1S/C25H32BrN3O4/c1-16(2)14-27-23(31)17(3)29(15-18-7-6-8-19(26)13-18)22(30)11-12-28-24(32)20-9-4-5-10-21(20)25(28)33/h4-8,13,16-17,20-21H,9-12,14-15H2,1-3H3,(H,27,31)/t17-,20-,21+/m0/s1. The average molecular weight is 518 g/mol. The number of nitrogens with one attached hydrogen (secondary N) is 1. The summed E-state index contributed by atoms with van der Waals surface area (Å²) < 4.78 is 0.883. The van der Waals surface area contributed by atoms with Crippen molar-refractivity contribution in [3.8, 4) is 0 Å². The van der Waals surface area contributed by atoms with Gasteiger partial charge in [0.1, 0.15) is 6.04 Å². The second-order valence-corrected chi connectivity index (χ2v) is 10.1. The van der Waals surface area contributed by atoms with Gasteiger partial charge in [-0.1, -0.05) is 54.1 Å². The lowest BCUT2D eigenvalue weighted by atomic mass is 9.85. The van der Waals surface area contributed by atoms with E-state index in [4.69, 9.17) is 0 Å². The SMILES string of the molecule is CC(C)CNC(=O)[C@H](C)N(Cc1cccc(Br)c1)C(=O)CCN1C(=O)[C@H]2CC=CC[C@H]2C1=O. The molecule has 1 fully saturated rings. The molecule has 0 saturated carbocycles. The van der Waals surface area contributed by atoms with Gasteiger partial charge in [0.25, 0.3) is 0 Å². The summed E-state index contributed by atoms with van der Waals surface area (Å²) in [5, 5.41) is 2.89. The van der Waals surface area contributed by atoms with Crippen LogP contribution in [0, 0.1) is 17.8 Å². The fourth-order valence-electron chi connectivity index (χ4n) is 4.31. The summed E-state index contributed by atoms with van der Waals surface area (Å²) in [5.41, 5.74) is 0.881. The molecule has 178 valence electrons. The minimum Gasteiger partial charge on any atom is -0.354 e. The van der Waals surface area contributed by atoms with E-state index in [9.17, 15) is 19.2 Å². The summed E-state index contributed by atoms with van der Waals surface area (Å²) >= 11 is 3.44. The first-order valence-corrected chi connectivity index (χ1v) is 12.3. The fraction of sp³-hybridized carbons (Fsp3) is 0.520. The number of carbonyl (C=O) groups is 4. The Kier molecular flexibility index (Phi) is 8.46. The number of rotatable bonds is 9. The van der Waals surface area contributed by atoms with E-state index in [0.717, 1.165) is 10.0 Å². The molecule has 33 heavy (non-hydrogen) atoms. The average Bonchev–Trinajstić information content (AvgIpc) is 3.03. The largest absolute Gasteiger partial charge is 0.354 e. The van der Waals surface area contributed by atoms with Crippen LogP contribution in [0.1, 0.15) is 45.6 Å². The van der Waals surface area contributed by atoms with Gasteiger partial charge in [0.2, 0.25) is 23.6 Å². The number of halogens is 1. The van der Waals surface area contributed by atoms with Gasteiger partial charge in [-0.05, 0) is 43.4 Å². The molecule has 0 aromatic heterocycles. The van der Waals surface area contributed by atoms with E-state index < -0.39 is 6.04 Å². The lowest BCUT2D eigenvalue weighted by molar-refractivity contribution is -0.143. The zero-order chi connectivity index (χ0) is 24.1. The maximum atomic E-state index is 13.3. The van der Waals surface area contributed by atoms with Crippen molar-refractivity contribution in [1.82, 2.24) is 15.1 Å². The van der Waals surface area contributed by atoms with Crippen LogP contribution >= 0.6 is 15.9 Å². The van der Waals surface area contributed by atoms with E-state index in [1.54, 1.807) is 6.92 Å². The topological polar surface area (TPSA) is 86.8 Å². The molecule has 1 aromatic carbocycles. The highest BCUT2D eigenvalue weighted by molar-refractivity contribution is 9.10. The Hall–Kier alpha value is -2.48. The van der Waals surface area contributed by atoms with Crippen LogP contribution in [0.5, 0.6) is 0 Å². The molecule has 8 heteroatoms. The Morgan fingerprint density at radius 2 is 1.76 bits per heavy atom. The van der Waals surface area contributed by atoms with Crippen LogP contribution in [0.25, 0.3) is 0 Å². The summed E-state index contributed by atoms with van der Waals surface area (Å²) in [5.74, 6) is -1.20. The molecule has 0 unspecified atom stereocenters. The van der Waals surface area contributed by atoms with Gasteiger partial charge >= 0.3 is 0 Å². The van der Waals surface area contributed by atoms with Crippen LogP contribution < -0.4 is 5.32 Å². The molecule has 1 aromatic rings. The van der Waals surface area contributed by atoms with Crippen molar-refractivity contribution in [2.75, 3.05) is 13.1 Å². The Labute approximate surface area is 203 Å². The normalized spacial score (nSPS) is 20.7. The molecule has 0 radical (unpaired) electrons. The quantitative estimate of drug-likeness (QED) is 0.402. The molecule has 1 saturated heterocycles. The van der Waals surface area contributed by atoms with E-state index in [1.165, 1.54) is 9.80 Å². The Morgan fingerprint density at radius 3 is 2.33 bits per heavy atom. The molecule has 0 bridgehead atoms. The van der Waals surface area contributed by atoms with E-state index in [1.807, 2.05) is 50.3 Å². The predicted molar refractivity (Wildman–Crippen MR) is 129 cm³/mol. The molecular weight excluding hydrogens is 486 g/mol. The molecule has 1 heterocycles. The number of benzene rings is 1. The number of nitrogens with zero attached hydrogens (tertiary/aromatic N) is 2. The third kappa shape index (κ3) is 6.10. The number of hydrogen-bond acceptors (Lipinski definition) is 4. The number of likely N-dealkylation sites (tertiary alicyclic amines) is 1. The molecule has 0 spiro atoms. The van der Waals surface area contributed by atoms with Crippen molar-refractivity contribution in [2.24, 2.45) is 17.8 Å². The van der Waals surface area contributed by atoms with Crippen LogP contribution in [0.4, 0.5) is 0 Å². The first kappa shape index (κ1) is 25.1. The van der Waals surface area contributed by atoms with Crippen LogP contribution in [0.15, 0.2) is 40.9 Å². The summed E-state index contributed by atoms with van der Waals surface area (Å²) in [6.45, 7) is 6.54. The number of fused-ring (bicyclic) bond motifs is 1. The van der Waals surface area contributed by atoms with Crippen molar-refractivity contribution in [3.63, 3.8) is 0 Å². The van der Waals surface area contributed by atoms with Gasteiger partial charge in [0, 0.05) is 30.5 Å². The van der Waals surface area contributed by atoms with Gasteiger partial charge in [-0.15, -0.1) is 0 Å². The second kappa shape index (κ2) is 11.1. The third-order valence-corrected chi connectivity index (χ3v) is 6.74. The molecule has 1 aliphatic carbocycles. The minimum atomic E-state index is -0.688. The number of allylic oxidation sites excluding steroid dienone is 2. The van der Waals surface area contributed by atoms with E-state index in [2.05, 4.69) is 21.2 Å². The van der Waals surface area contributed by atoms with E-state index >= 15 is 0 Å². The minimum absolute atomic E-state index is 0.0137. The molecule has 3 rings (SSSR count). The maximum absolute atomic E-state index is 13.3. The van der Waals surface area contributed by atoms with Crippen molar-refractivity contribution < 1.29 is 19.2 Å². The van der Waals surface area contributed by atoms with Gasteiger partial charge < -0.3 is 10.2 Å². The van der Waals surface area contributed by atoms with Crippen molar-refractivity contribution in [2.45, 2.75) is 52.6 Å². The predicted octanol–water partition coefficient (Wildman–Crippen LogP) is 3.28. The van der Waals surface area contributed by atoms with Crippen molar-refractivity contribution in [1.29, 1.82) is 0 Å². The smallest absolute Gasteiger partial charge is 0.242 e. The lowest BCUT2D eigenvalue weighted by Crippen LogP contribution is -2.49. The Balaban J connectivity index is 1.71. The molecule has 3 atom stereocenters. The number of hydrogen-bond donors (Lipinski definition) is 1. The highest BCUT2D eigenvalue weighted by atomic mass is 79.9. The second-order valence-electron chi connectivity index (χ2n) is 9.20. The summed E-state index contributed by atoms with van der Waals surface area (Å²) in [6, 6.07) is 6.89. The van der Waals surface area contributed by atoms with Gasteiger partial charge in [0.05, 0.1) is 11.8 Å². The van der Waals surface area contributed by atoms with Gasteiger partial charge in [0.15, 0.2) is 0 Å². The van der Waals surface area contributed by atoms with Gasteiger partial charge in [-0.2, -0.15) is 0 Å². The van der Waals surface area contributed by atoms with E-state index in [-0.39, 0.29) is 55.0 Å². The molecule has 7 nitrogen and oxygen atoms in total. The van der Waals surface area contributed by atoms with Crippen LogP contribution in [0.3, 0.4) is 0 Å². The zero-order valence-corrected chi connectivity index (χ0v) is 21.0. The first-order valence-electron chi connectivity index (χ1n) is 11.5. The van der Waals surface area contributed by atoms with Crippen molar-refractivity contribution >= 4 is 39.6 Å². The molecule has 1 N–H and O–H groups in total. The van der Waals surface area contributed by atoms with E-state index in [0.29, 0.717) is 25.3 Å². The first-order chi connectivity index (χ1) is 15.7. The van der Waals surface area contributed by atoms with Crippen LogP contribution in [-0.4, -0.2) is 52.6 Å². The Bertz CT molecular complexity index is 919. The molecule has 2 aliphatic rings. The van der Waals surface area contributed by atoms with Gasteiger partial charge in [-0.3, -0.25) is 24.1 Å². The Morgan fingerprint density at radius 1 is 1.12 bits per heavy atom. The van der Waals surface area contributed by atoms with Crippen LogP contribution in [0.2, 0.25) is 0 Å². The van der Waals surface area contributed by atoms with Crippen LogP contribution in [-0.2, 0) is 25.7 Å². The third-order valence-electron chi connectivity index (χ3n) is 6.24. The highest BCUT2D eigenvalue weighted by Crippen LogP contribution is 2.35. The summed E-state index contributed by atoms with van der Waals surface area (Å²) in [6.07, 6.45) is 5.01. The summed E-state index contributed by atoms with van der Waals surface area (Å²) in [7, 11) is 0. The monoisotopic (exact) mass is 517 g/mol. The maximum Gasteiger partial charge on any atom is 0.242 e. The number of carbonyl (C=O) groups excluding carboxylic acids is 4. The summed E-state index contributed by atoms with van der Waals surface area (Å²) in [4.78, 5) is 54.2. The van der Waals surface area contributed by atoms with Gasteiger partial charge in [-0.25, -0.2) is 0 Å². The highest BCUT2D eigenvalue weighted by Gasteiger charge is 2.47.